The van der Waals surface area contributed by atoms with Crippen LogP contribution in [0.4, 0.5) is 5.69 Å². The van der Waals surface area contributed by atoms with E-state index in [0.29, 0.717) is 28.2 Å². The maximum atomic E-state index is 6.18. The summed E-state index contributed by atoms with van der Waals surface area (Å²) in [5.74, 6) is 0. The first-order valence-corrected chi connectivity index (χ1v) is 7.20. The van der Waals surface area contributed by atoms with Crippen LogP contribution >= 0.6 is 34.8 Å². The molecule has 0 aliphatic carbocycles. The SMILES string of the molecule is COCc1ccccc1NCc1c(Cl)ccc(Cl)c1Cl. The predicted molar refractivity (Wildman–Crippen MR) is 86.0 cm³/mol. The van der Waals surface area contributed by atoms with Gasteiger partial charge >= 0.3 is 0 Å². The number of ether oxygens (including phenoxy) is 1. The molecule has 20 heavy (non-hydrogen) atoms. The highest BCUT2D eigenvalue weighted by Gasteiger charge is 2.10. The van der Waals surface area contributed by atoms with Crippen molar-refractivity contribution in [2.75, 3.05) is 12.4 Å². The molecule has 1 N–H and O–H groups in total. The molecular weight excluding hydrogens is 317 g/mol. The lowest BCUT2D eigenvalue weighted by molar-refractivity contribution is 0.185. The number of hydrogen-bond acceptors (Lipinski definition) is 2. The number of para-hydroxylation sites is 1. The molecule has 0 radical (unpaired) electrons. The number of benzene rings is 2. The maximum absolute atomic E-state index is 6.18. The molecule has 0 bridgehead atoms. The van der Waals surface area contributed by atoms with E-state index in [4.69, 9.17) is 39.5 Å². The summed E-state index contributed by atoms with van der Waals surface area (Å²) in [5, 5.41) is 4.89. The van der Waals surface area contributed by atoms with Gasteiger partial charge < -0.3 is 10.1 Å². The van der Waals surface area contributed by atoms with Gasteiger partial charge in [-0.1, -0.05) is 53.0 Å². The molecule has 0 amide bonds. The fourth-order valence-corrected chi connectivity index (χ4v) is 2.57. The zero-order valence-electron chi connectivity index (χ0n) is 10.9. The zero-order valence-corrected chi connectivity index (χ0v) is 13.2. The first-order valence-electron chi connectivity index (χ1n) is 6.06. The molecule has 0 heterocycles. The van der Waals surface area contributed by atoms with E-state index in [1.165, 1.54) is 0 Å². The molecule has 0 atom stereocenters. The minimum Gasteiger partial charge on any atom is -0.381 e. The van der Waals surface area contributed by atoms with Gasteiger partial charge in [0.15, 0.2) is 0 Å². The summed E-state index contributed by atoms with van der Waals surface area (Å²) in [6.07, 6.45) is 0. The number of rotatable bonds is 5. The van der Waals surface area contributed by atoms with Crippen LogP contribution in [-0.2, 0) is 17.9 Å². The van der Waals surface area contributed by atoms with Gasteiger partial charge in [-0.25, -0.2) is 0 Å². The average molecular weight is 331 g/mol. The Balaban J connectivity index is 2.19. The second-order valence-corrected chi connectivity index (χ2v) is 5.46. The Labute approximate surface area is 133 Å². The largest absolute Gasteiger partial charge is 0.381 e. The third-order valence-electron chi connectivity index (χ3n) is 2.91. The maximum Gasteiger partial charge on any atom is 0.0733 e. The quantitative estimate of drug-likeness (QED) is 0.741. The lowest BCUT2D eigenvalue weighted by Gasteiger charge is -2.14. The molecule has 2 rings (SSSR count). The summed E-state index contributed by atoms with van der Waals surface area (Å²) in [6, 6.07) is 11.4. The zero-order chi connectivity index (χ0) is 14.5. The van der Waals surface area contributed by atoms with E-state index in [-0.39, 0.29) is 0 Å². The first-order chi connectivity index (χ1) is 9.63. The Hall–Kier alpha value is -0.930. The lowest BCUT2D eigenvalue weighted by Crippen LogP contribution is -2.04. The van der Waals surface area contributed by atoms with Crippen molar-refractivity contribution in [3.8, 4) is 0 Å². The molecule has 2 aromatic rings. The highest BCUT2D eigenvalue weighted by Crippen LogP contribution is 2.32. The number of hydrogen-bond donors (Lipinski definition) is 1. The lowest BCUT2D eigenvalue weighted by atomic mass is 10.1. The van der Waals surface area contributed by atoms with Crippen molar-refractivity contribution in [2.45, 2.75) is 13.2 Å². The van der Waals surface area contributed by atoms with Crippen LogP contribution in [0, 0.1) is 0 Å². The van der Waals surface area contributed by atoms with Gasteiger partial charge in [0.25, 0.3) is 0 Å². The monoisotopic (exact) mass is 329 g/mol. The van der Waals surface area contributed by atoms with Gasteiger partial charge in [-0.2, -0.15) is 0 Å². The fraction of sp³-hybridized carbons (Fsp3) is 0.200. The van der Waals surface area contributed by atoms with Crippen molar-refractivity contribution < 1.29 is 4.74 Å². The minimum atomic E-state index is 0.482. The molecule has 0 aliphatic heterocycles. The van der Waals surface area contributed by atoms with Crippen molar-refractivity contribution in [2.24, 2.45) is 0 Å². The van der Waals surface area contributed by atoms with E-state index < -0.39 is 0 Å². The predicted octanol–water partition coefficient (Wildman–Crippen LogP) is 5.41. The molecule has 0 aromatic heterocycles. The third-order valence-corrected chi connectivity index (χ3v) is 4.11. The summed E-state index contributed by atoms with van der Waals surface area (Å²) in [4.78, 5) is 0. The topological polar surface area (TPSA) is 21.3 Å². The van der Waals surface area contributed by atoms with E-state index in [1.807, 2.05) is 24.3 Å². The van der Waals surface area contributed by atoms with Crippen LogP contribution in [0.2, 0.25) is 15.1 Å². The van der Waals surface area contributed by atoms with Crippen LogP contribution in [0.25, 0.3) is 0 Å². The normalized spacial score (nSPS) is 10.6. The van der Waals surface area contributed by atoms with Crippen molar-refractivity contribution >= 4 is 40.5 Å². The van der Waals surface area contributed by atoms with Gasteiger partial charge in [-0.3, -0.25) is 0 Å². The van der Waals surface area contributed by atoms with Crippen LogP contribution in [0.15, 0.2) is 36.4 Å². The Bertz CT molecular complexity index is 602. The van der Waals surface area contributed by atoms with E-state index in [2.05, 4.69) is 5.32 Å². The highest BCUT2D eigenvalue weighted by atomic mass is 35.5. The molecule has 0 saturated carbocycles. The standard InChI is InChI=1S/C15H14Cl3NO/c1-20-9-10-4-2-3-5-14(10)19-8-11-12(16)6-7-13(17)15(11)18/h2-7,19H,8-9H2,1H3. The van der Waals surface area contributed by atoms with Gasteiger partial charge in [0, 0.05) is 35.5 Å². The molecule has 2 nitrogen and oxygen atoms in total. The Morgan fingerprint density at radius 2 is 1.70 bits per heavy atom. The highest BCUT2D eigenvalue weighted by molar-refractivity contribution is 6.44. The molecule has 106 valence electrons. The smallest absolute Gasteiger partial charge is 0.0733 e. The van der Waals surface area contributed by atoms with Crippen molar-refractivity contribution in [1.82, 2.24) is 0 Å². The van der Waals surface area contributed by atoms with Gasteiger partial charge in [0.1, 0.15) is 0 Å². The molecule has 0 aliphatic rings. The number of anilines is 1. The van der Waals surface area contributed by atoms with Gasteiger partial charge in [0.05, 0.1) is 16.7 Å². The van der Waals surface area contributed by atoms with Crippen molar-refractivity contribution in [3.63, 3.8) is 0 Å². The molecule has 0 spiro atoms. The van der Waals surface area contributed by atoms with Crippen LogP contribution in [0.3, 0.4) is 0 Å². The summed E-state index contributed by atoms with van der Waals surface area (Å²) in [5.41, 5.74) is 2.85. The third kappa shape index (κ3) is 3.58. The molecular formula is C15H14Cl3NO. The van der Waals surface area contributed by atoms with Gasteiger partial charge in [-0.05, 0) is 18.2 Å². The average Bonchev–Trinajstić information content (AvgIpc) is 2.45. The molecule has 2 aromatic carbocycles. The van der Waals surface area contributed by atoms with E-state index in [9.17, 15) is 0 Å². The summed E-state index contributed by atoms with van der Waals surface area (Å²) < 4.78 is 5.17. The van der Waals surface area contributed by atoms with Crippen LogP contribution in [-0.4, -0.2) is 7.11 Å². The minimum absolute atomic E-state index is 0.482. The van der Waals surface area contributed by atoms with Gasteiger partial charge in [-0.15, -0.1) is 0 Å². The second-order valence-electron chi connectivity index (χ2n) is 4.27. The summed E-state index contributed by atoms with van der Waals surface area (Å²) in [7, 11) is 1.67. The number of methoxy groups -OCH3 is 1. The second kappa shape index (κ2) is 7.19. The summed E-state index contributed by atoms with van der Waals surface area (Å²) in [6.45, 7) is 1.04. The molecule has 5 heteroatoms. The summed E-state index contributed by atoms with van der Waals surface area (Å²) >= 11 is 18.4. The Morgan fingerprint density at radius 3 is 2.45 bits per heavy atom. The van der Waals surface area contributed by atoms with Crippen LogP contribution < -0.4 is 5.32 Å². The van der Waals surface area contributed by atoms with E-state index in [0.717, 1.165) is 16.8 Å². The van der Waals surface area contributed by atoms with Crippen molar-refractivity contribution in [1.29, 1.82) is 0 Å². The molecule has 0 saturated heterocycles. The molecule has 0 unspecified atom stereocenters. The van der Waals surface area contributed by atoms with E-state index >= 15 is 0 Å². The van der Waals surface area contributed by atoms with Crippen LogP contribution in [0.1, 0.15) is 11.1 Å². The molecule has 0 fully saturated rings. The van der Waals surface area contributed by atoms with Crippen molar-refractivity contribution in [3.05, 3.63) is 62.6 Å². The number of nitrogens with one attached hydrogen (secondary N) is 1. The van der Waals surface area contributed by atoms with E-state index in [1.54, 1.807) is 19.2 Å². The Kier molecular flexibility index (Phi) is 5.55. The van der Waals surface area contributed by atoms with Crippen LogP contribution in [0.5, 0.6) is 0 Å². The Morgan fingerprint density at radius 1 is 1.00 bits per heavy atom. The first kappa shape index (κ1) is 15.5. The fourth-order valence-electron chi connectivity index (χ4n) is 1.89. The van der Waals surface area contributed by atoms with Gasteiger partial charge in [0.2, 0.25) is 0 Å². The number of halogens is 3.